The fourth-order valence-corrected chi connectivity index (χ4v) is 2.04. The molecule has 6 heteroatoms. The van der Waals surface area contributed by atoms with E-state index in [0.717, 1.165) is 11.3 Å². The monoisotopic (exact) mass is 282 g/mol. The Kier molecular flexibility index (Phi) is 4.07. The lowest BCUT2D eigenvalue weighted by molar-refractivity contribution is 0.0959. The molecule has 0 saturated carbocycles. The zero-order chi connectivity index (χ0) is 13.0. The van der Waals surface area contributed by atoms with Crippen molar-refractivity contribution in [1.82, 2.24) is 5.43 Å². The molecule has 0 saturated heterocycles. The number of hydrogen-bond acceptors (Lipinski definition) is 3. The zero-order valence-corrected chi connectivity index (χ0v) is 10.6. The molecule has 1 aromatic carbocycles. The SMILES string of the molecule is O=C(N/N=C/c1ccccc1Cl)c1ccc(F)s1. The van der Waals surface area contributed by atoms with E-state index in [1.54, 1.807) is 18.2 Å². The highest BCUT2D eigenvalue weighted by atomic mass is 35.5. The Morgan fingerprint density at radius 2 is 2.11 bits per heavy atom. The largest absolute Gasteiger partial charge is 0.281 e. The Morgan fingerprint density at radius 1 is 1.33 bits per heavy atom. The molecule has 92 valence electrons. The summed E-state index contributed by atoms with van der Waals surface area (Å²) in [4.78, 5) is 11.8. The van der Waals surface area contributed by atoms with Crippen molar-refractivity contribution in [2.75, 3.05) is 0 Å². The Bertz CT molecular complexity index is 597. The van der Waals surface area contributed by atoms with Crippen molar-refractivity contribution in [3.05, 3.63) is 57.0 Å². The van der Waals surface area contributed by atoms with Crippen molar-refractivity contribution in [3.63, 3.8) is 0 Å². The van der Waals surface area contributed by atoms with Gasteiger partial charge in [-0.15, -0.1) is 11.3 Å². The fourth-order valence-electron chi connectivity index (χ4n) is 1.23. The van der Waals surface area contributed by atoms with Crippen LogP contribution < -0.4 is 5.43 Å². The summed E-state index contributed by atoms with van der Waals surface area (Å²) in [5, 5.41) is 3.90. The maximum absolute atomic E-state index is 12.7. The van der Waals surface area contributed by atoms with E-state index in [4.69, 9.17) is 11.6 Å². The molecule has 2 aromatic rings. The van der Waals surface area contributed by atoms with Gasteiger partial charge in [-0.1, -0.05) is 29.8 Å². The van der Waals surface area contributed by atoms with Gasteiger partial charge in [0, 0.05) is 10.6 Å². The fraction of sp³-hybridized carbons (Fsp3) is 0. The maximum Gasteiger partial charge on any atom is 0.281 e. The van der Waals surface area contributed by atoms with Crippen molar-refractivity contribution in [2.24, 2.45) is 5.10 Å². The molecule has 0 radical (unpaired) electrons. The van der Waals surface area contributed by atoms with Crippen molar-refractivity contribution in [1.29, 1.82) is 0 Å². The molecular formula is C12H8ClFN2OS. The number of hydrazone groups is 1. The second-order valence-corrected chi connectivity index (χ2v) is 4.77. The molecule has 0 aliphatic heterocycles. The van der Waals surface area contributed by atoms with Crippen LogP contribution in [0, 0.1) is 5.13 Å². The third-order valence-electron chi connectivity index (χ3n) is 2.07. The van der Waals surface area contributed by atoms with Gasteiger partial charge in [0.2, 0.25) is 0 Å². The summed E-state index contributed by atoms with van der Waals surface area (Å²) in [7, 11) is 0. The van der Waals surface area contributed by atoms with Crippen LogP contribution in [0.2, 0.25) is 5.02 Å². The highest BCUT2D eigenvalue weighted by molar-refractivity contribution is 7.12. The number of thiophene rings is 1. The van der Waals surface area contributed by atoms with Crippen molar-refractivity contribution in [2.45, 2.75) is 0 Å². The van der Waals surface area contributed by atoms with Gasteiger partial charge in [-0.2, -0.15) is 9.49 Å². The topological polar surface area (TPSA) is 41.5 Å². The van der Waals surface area contributed by atoms with Crippen LogP contribution >= 0.6 is 22.9 Å². The lowest BCUT2D eigenvalue weighted by Crippen LogP contribution is -2.16. The van der Waals surface area contributed by atoms with Crippen LogP contribution in [0.3, 0.4) is 0 Å². The van der Waals surface area contributed by atoms with Gasteiger partial charge >= 0.3 is 0 Å². The summed E-state index contributed by atoms with van der Waals surface area (Å²) in [6.07, 6.45) is 1.43. The summed E-state index contributed by atoms with van der Waals surface area (Å²) >= 11 is 6.67. The molecule has 1 heterocycles. The number of carbonyl (C=O) groups excluding carboxylic acids is 1. The number of amides is 1. The second-order valence-electron chi connectivity index (χ2n) is 3.32. The number of carbonyl (C=O) groups is 1. The summed E-state index contributed by atoms with van der Waals surface area (Å²) in [5.41, 5.74) is 3.00. The van der Waals surface area contributed by atoms with Gasteiger partial charge in [-0.05, 0) is 18.2 Å². The summed E-state index contributed by atoms with van der Waals surface area (Å²) < 4.78 is 12.7. The van der Waals surface area contributed by atoms with Crippen LogP contribution in [0.25, 0.3) is 0 Å². The molecule has 0 spiro atoms. The number of nitrogens with zero attached hydrogens (tertiary/aromatic N) is 1. The predicted molar refractivity (Wildman–Crippen MR) is 70.8 cm³/mol. The van der Waals surface area contributed by atoms with Gasteiger partial charge < -0.3 is 0 Å². The second kappa shape index (κ2) is 5.75. The number of rotatable bonds is 3. The summed E-state index contributed by atoms with van der Waals surface area (Å²) in [6, 6.07) is 9.73. The Hall–Kier alpha value is -1.72. The van der Waals surface area contributed by atoms with Crippen LogP contribution in [-0.2, 0) is 0 Å². The Morgan fingerprint density at radius 3 is 2.78 bits per heavy atom. The first-order valence-electron chi connectivity index (χ1n) is 5.00. The summed E-state index contributed by atoms with van der Waals surface area (Å²) in [5.74, 6) is -0.452. The van der Waals surface area contributed by atoms with E-state index in [9.17, 15) is 9.18 Å². The van der Waals surface area contributed by atoms with E-state index < -0.39 is 11.0 Å². The lowest BCUT2D eigenvalue weighted by Gasteiger charge is -1.97. The van der Waals surface area contributed by atoms with Crippen LogP contribution in [0.4, 0.5) is 4.39 Å². The molecule has 3 nitrogen and oxygen atoms in total. The van der Waals surface area contributed by atoms with Crippen LogP contribution in [0.5, 0.6) is 0 Å². The van der Waals surface area contributed by atoms with Gasteiger partial charge in [0.05, 0.1) is 11.1 Å². The molecule has 0 fully saturated rings. The standard InChI is InChI=1S/C12H8ClFN2OS/c13-9-4-2-1-3-8(9)7-15-16-12(17)10-5-6-11(14)18-10/h1-7H,(H,16,17)/b15-7+. The zero-order valence-electron chi connectivity index (χ0n) is 9.06. The van der Waals surface area contributed by atoms with Gasteiger partial charge in [-0.25, -0.2) is 5.43 Å². The Labute approximate surface area is 112 Å². The lowest BCUT2D eigenvalue weighted by atomic mass is 10.2. The molecule has 1 aromatic heterocycles. The number of benzene rings is 1. The maximum atomic E-state index is 12.7. The van der Waals surface area contributed by atoms with Gasteiger partial charge in [-0.3, -0.25) is 4.79 Å². The third-order valence-corrected chi connectivity index (χ3v) is 3.29. The first-order valence-corrected chi connectivity index (χ1v) is 6.19. The first kappa shape index (κ1) is 12.7. The van der Waals surface area contributed by atoms with Gasteiger partial charge in [0.15, 0.2) is 5.13 Å². The minimum absolute atomic E-state index is 0.267. The molecule has 0 aliphatic rings. The van der Waals surface area contributed by atoms with Crippen LogP contribution in [0.15, 0.2) is 41.5 Å². The normalized spacial score (nSPS) is 10.8. The average molecular weight is 283 g/mol. The average Bonchev–Trinajstić information content (AvgIpc) is 2.78. The highest BCUT2D eigenvalue weighted by Crippen LogP contribution is 2.14. The number of nitrogens with one attached hydrogen (secondary N) is 1. The minimum atomic E-state index is -0.452. The molecule has 0 unspecified atom stereocenters. The molecule has 0 bridgehead atoms. The van der Waals surface area contributed by atoms with E-state index in [1.165, 1.54) is 18.3 Å². The van der Waals surface area contributed by atoms with Crippen molar-refractivity contribution >= 4 is 35.1 Å². The molecular weight excluding hydrogens is 275 g/mol. The van der Waals surface area contributed by atoms with Crippen LogP contribution in [0.1, 0.15) is 15.2 Å². The van der Waals surface area contributed by atoms with E-state index in [1.807, 2.05) is 6.07 Å². The predicted octanol–water partition coefficient (Wildman–Crippen LogP) is 3.30. The molecule has 2 rings (SSSR count). The minimum Gasteiger partial charge on any atom is -0.266 e. The van der Waals surface area contributed by atoms with Crippen LogP contribution in [-0.4, -0.2) is 12.1 Å². The van der Waals surface area contributed by atoms with E-state index in [-0.39, 0.29) is 4.88 Å². The first-order chi connectivity index (χ1) is 8.66. The molecule has 1 amide bonds. The Balaban J connectivity index is 2.00. The van der Waals surface area contributed by atoms with Gasteiger partial charge in [0.1, 0.15) is 0 Å². The van der Waals surface area contributed by atoms with E-state index >= 15 is 0 Å². The highest BCUT2D eigenvalue weighted by Gasteiger charge is 2.07. The molecule has 18 heavy (non-hydrogen) atoms. The third kappa shape index (κ3) is 3.15. The molecule has 1 N–H and O–H groups in total. The summed E-state index contributed by atoms with van der Waals surface area (Å²) in [6.45, 7) is 0. The molecule has 0 atom stereocenters. The van der Waals surface area contributed by atoms with Crippen molar-refractivity contribution < 1.29 is 9.18 Å². The van der Waals surface area contributed by atoms with E-state index in [2.05, 4.69) is 10.5 Å². The van der Waals surface area contributed by atoms with Crippen molar-refractivity contribution in [3.8, 4) is 0 Å². The van der Waals surface area contributed by atoms with Gasteiger partial charge in [0.25, 0.3) is 5.91 Å². The number of halogens is 2. The molecule has 0 aliphatic carbocycles. The smallest absolute Gasteiger partial charge is 0.266 e. The quantitative estimate of drug-likeness (QED) is 0.681. The number of hydrogen-bond donors (Lipinski definition) is 1. The van der Waals surface area contributed by atoms with E-state index in [0.29, 0.717) is 10.6 Å².